The lowest BCUT2D eigenvalue weighted by Crippen LogP contribution is -2.39. The fraction of sp³-hybridized carbons (Fsp3) is 0.393. The summed E-state index contributed by atoms with van der Waals surface area (Å²) < 4.78 is 13.9. The van der Waals surface area contributed by atoms with Gasteiger partial charge in [0.25, 0.3) is 0 Å². The third-order valence-electron chi connectivity index (χ3n) is 7.30. The van der Waals surface area contributed by atoms with Crippen LogP contribution in [0.3, 0.4) is 0 Å². The Morgan fingerprint density at radius 1 is 1.07 bits per heavy atom. The molecule has 0 spiro atoms. The standard InChI is InChI=1S/C28H28Cl2N6O4/c29-18-2-1-17(21(30)14-18)13-24-31-9-5-26(34-24)40-19-6-10-35(11-7-19)16-25-32-22-3-4-23(28(37)38)33-27(22)36(25)15-20-8-12-39-20/h1-5,9,14,19-20H,6-8,10-13,15-16H2,(H,37,38)/t20-/m0/s1. The van der Waals surface area contributed by atoms with Crippen molar-refractivity contribution in [3.05, 3.63) is 75.5 Å². The van der Waals surface area contributed by atoms with Gasteiger partial charge in [-0.2, -0.15) is 4.98 Å². The summed E-state index contributed by atoms with van der Waals surface area (Å²) >= 11 is 12.3. The maximum absolute atomic E-state index is 11.5. The van der Waals surface area contributed by atoms with Crippen molar-refractivity contribution in [1.29, 1.82) is 0 Å². The molecular formula is C28H28Cl2N6O4. The number of aromatic carboxylic acids is 1. The van der Waals surface area contributed by atoms with Crippen LogP contribution in [-0.2, 0) is 24.2 Å². The van der Waals surface area contributed by atoms with E-state index >= 15 is 0 Å². The maximum Gasteiger partial charge on any atom is 0.354 e. The van der Waals surface area contributed by atoms with Crippen molar-refractivity contribution in [2.75, 3.05) is 19.7 Å². The van der Waals surface area contributed by atoms with Gasteiger partial charge in [-0.15, -0.1) is 0 Å². The molecule has 1 aromatic carbocycles. The van der Waals surface area contributed by atoms with E-state index in [0.717, 1.165) is 50.3 Å². The predicted octanol–water partition coefficient (Wildman–Crippen LogP) is 4.65. The second-order valence-corrected chi connectivity index (χ2v) is 10.9. The number of rotatable bonds is 9. The Hall–Kier alpha value is -3.31. The summed E-state index contributed by atoms with van der Waals surface area (Å²) in [4.78, 5) is 32.0. The minimum Gasteiger partial charge on any atom is -0.477 e. The van der Waals surface area contributed by atoms with Gasteiger partial charge in [0.1, 0.15) is 23.3 Å². The number of nitrogens with zero attached hydrogens (tertiary/aromatic N) is 6. The van der Waals surface area contributed by atoms with Gasteiger partial charge in [-0.1, -0.05) is 29.3 Å². The Labute approximate surface area is 240 Å². The van der Waals surface area contributed by atoms with Crippen molar-refractivity contribution in [2.24, 2.45) is 0 Å². The van der Waals surface area contributed by atoms with E-state index in [0.29, 0.717) is 52.4 Å². The highest BCUT2D eigenvalue weighted by atomic mass is 35.5. The zero-order chi connectivity index (χ0) is 27.6. The number of fused-ring (bicyclic) bond motifs is 1. The van der Waals surface area contributed by atoms with Crippen LogP contribution in [0.15, 0.2) is 42.6 Å². The van der Waals surface area contributed by atoms with Gasteiger partial charge in [-0.25, -0.2) is 19.7 Å². The number of benzene rings is 1. The van der Waals surface area contributed by atoms with E-state index in [2.05, 4.69) is 19.9 Å². The third-order valence-corrected chi connectivity index (χ3v) is 7.89. The van der Waals surface area contributed by atoms with E-state index in [4.69, 9.17) is 37.7 Å². The molecule has 10 nitrogen and oxygen atoms in total. The molecule has 1 N–H and O–H groups in total. The van der Waals surface area contributed by atoms with Crippen LogP contribution in [0.1, 0.15) is 47.0 Å². The summed E-state index contributed by atoms with van der Waals surface area (Å²) in [6.45, 7) is 3.66. The van der Waals surface area contributed by atoms with Crippen molar-refractivity contribution in [3.63, 3.8) is 0 Å². The first kappa shape index (κ1) is 26.9. The number of carboxylic acid groups (broad SMARTS) is 1. The minimum absolute atomic E-state index is 0.0110. The summed E-state index contributed by atoms with van der Waals surface area (Å²) in [5.74, 6) is 0.994. The zero-order valence-corrected chi connectivity index (χ0v) is 23.2. The molecule has 2 aliphatic heterocycles. The van der Waals surface area contributed by atoms with E-state index in [1.807, 2.05) is 10.6 Å². The lowest BCUT2D eigenvalue weighted by molar-refractivity contribution is -0.0593. The molecule has 0 bridgehead atoms. The molecule has 0 radical (unpaired) electrons. The van der Waals surface area contributed by atoms with E-state index in [1.54, 1.807) is 30.5 Å². The highest BCUT2D eigenvalue weighted by Crippen LogP contribution is 2.25. The van der Waals surface area contributed by atoms with Crippen molar-refractivity contribution in [1.82, 2.24) is 29.4 Å². The smallest absolute Gasteiger partial charge is 0.354 e. The van der Waals surface area contributed by atoms with E-state index in [1.165, 1.54) is 6.07 Å². The number of carboxylic acids is 1. The van der Waals surface area contributed by atoms with Gasteiger partial charge in [0.05, 0.1) is 19.2 Å². The number of hydrogen-bond acceptors (Lipinski definition) is 8. The molecule has 2 aliphatic rings. The van der Waals surface area contributed by atoms with Crippen molar-refractivity contribution < 1.29 is 19.4 Å². The molecule has 0 saturated carbocycles. The first-order valence-electron chi connectivity index (χ1n) is 13.3. The Balaban J connectivity index is 1.09. The van der Waals surface area contributed by atoms with E-state index in [-0.39, 0.29) is 17.9 Å². The van der Waals surface area contributed by atoms with Crippen molar-refractivity contribution in [2.45, 2.75) is 51.0 Å². The Morgan fingerprint density at radius 3 is 2.62 bits per heavy atom. The first-order valence-corrected chi connectivity index (χ1v) is 14.0. The van der Waals surface area contributed by atoms with Crippen molar-refractivity contribution >= 4 is 40.3 Å². The molecule has 3 aromatic heterocycles. The Kier molecular flexibility index (Phi) is 7.84. The third kappa shape index (κ3) is 6.05. The molecule has 5 heterocycles. The Morgan fingerprint density at radius 2 is 1.90 bits per heavy atom. The SMILES string of the molecule is O=C(O)c1ccc2nc(CN3CCC(Oc4ccnc(Cc5ccc(Cl)cc5Cl)n4)CC3)n(C[C@@H]3CCO3)c2n1. The van der Waals surface area contributed by atoms with Crippen LogP contribution < -0.4 is 4.74 Å². The molecule has 0 aliphatic carbocycles. The number of pyridine rings is 1. The fourth-order valence-corrected chi connectivity index (χ4v) is 5.51. The molecule has 1 atom stereocenters. The Bertz CT molecular complexity index is 1530. The molecule has 0 unspecified atom stereocenters. The van der Waals surface area contributed by atoms with E-state index < -0.39 is 5.97 Å². The number of halogens is 2. The van der Waals surface area contributed by atoms with Crippen LogP contribution in [0.4, 0.5) is 0 Å². The van der Waals surface area contributed by atoms with Crippen LogP contribution >= 0.6 is 23.2 Å². The molecule has 208 valence electrons. The van der Waals surface area contributed by atoms with Crippen LogP contribution in [0, 0.1) is 0 Å². The second-order valence-electron chi connectivity index (χ2n) is 10.1. The summed E-state index contributed by atoms with van der Waals surface area (Å²) in [5, 5.41) is 10.6. The number of ether oxygens (including phenoxy) is 2. The molecule has 6 rings (SSSR count). The van der Waals surface area contributed by atoms with Gasteiger partial charge >= 0.3 is 5.97 Å². The minimum atomic E-state index is -1.05. The normalized spacial score (nSPS) is 18.1. The van der Waals surface area contributed by atoms with Crippen molar-refractivity contribution in [3.8, 4) is 5.88 Å². The molecule has 12 heteroatoms. The summed E-state index contributed by atoms with van der Waals surface area (Å²) in [6.07, 6.45) is 4.99. The van der Waals surface area contributed by atoms with Gasteiger partial charge < -0.3 is 19.1 Å². The monoisotopic (exact) mass is 582 g/mol. The quantitative estimate of drug-likeness (QED) is 0.301. The average Bonchev–Trinajstić information content (AvgIpc) is 3.25. The van der Waals surface area contributed by atoms with Gasteiger partial charge in [0, 0.05) is 48.4 Å². The maximum atomic E-state index is 11.5. The number of piperidine rings is 1. The molecule has 4 aromatic rings. The lowest BCUT2D eigenvalue weighted by atomic mass is 10.1. The topological polar surface area (TPSA) is 115 Å². The fourth-order valence-electron chi connectivity index (χ4n) is 5.03. The van der Waals surface area contributed by atoms with Crippen LogP contribution in [0.5, 0.6) is 5.88 Å². The van der Waals surface area contributed by atoms with Gasteiger partial charge in [0.15, 0.2) is 11.3 Å². The second kappa shape index (κ2) is 11.7. The molecular weight excluding hydrogens is 555 g/mol. The highest BCUT2D eigenvalue weighted by Gasteiger charge is 2.26. The number of likely N-dealkylation sites (tertiary alicyclic amines) is 1. The van der Waals surface area contributed by atoms with Crippen LogP contribution in [0.25, 0.3) is 11.2 Å². The van der Waals surface area contributed by atoms with Gasteiger partial charge in [-0.3, -0.25) is 4.90 Å². The van der Waals surface area contributed by atoms with Gasteiger partial charge in [0.2, 0.25) is 5.88 Å². The largest absolute Gasteiger partial charge is 0.477 e. The molecule has 2 fully saturated rings. The number of imidazole rings is 1. The molecule has 2 saturated heterocycles. The van der Waals surface area contributed by atoms with E-state index in [9.17, 15) is 9.90 Å². The number of hydrogen-bond donors (Lipinski definition) is 1. The summed E-state index contributed by atoms with van der Waals surface area (Å²) in [7, 11) is 0. The van der Waals surface area contributed by atoms with Gasteiger partial charge in [-0.05, 0) is 49.1 Å². The summed E-state index contributed by atoms with van der Waals surface area (Å²) in [6, 6.07) is 10.4. The van der Waals surface area contributed by atoms with Crippen LogP contribution in [-0.4, -0.2) is 72.4 Å². The predicted molar refractivity (Wildman–Crippen MR) is 149 cm³/mol. The molecule has 0 amide bonds. The van der Waals surface area contributed by atoms with Crippen LogP contribution in [0.2, 0.25) is 10.0 Å². The lowest BCUT2D eigenvalue weighted by Gasteiger charge is -2.32. The highest BCUT2D eigenvalue weighted by molar-refractivity contribution is 6.35. The molecule has 40 heavy (non-hydrogen) atoms. The number of carbonyl (C=O) groups is 1. The summed E-state index contributed by atoms with van der Waals surface area (Å²) in [5.41, 5.74) is 2.19. The first-order chi connectivity index (χ1) is 19.4. The zero-order valence-electron chi connectivity index (χ0n) is 21.7. The average molecular weight is 583 g/mol. The number of aromatic nitrogens is 5.